The van der Waals surface area contributed by atoms with Crippen LogP contribution >= 0.6 is 0 Å². The molecule has 96 valence electrons. The number of hydrogen-bond donors (Lipinski definition) is 0. The highest BCUT2D eigenvalue weighted by molar-refractivity contribution is 6.03. The largest absolute Gasteiger partial charge is 0.453 e. The maximum Gasteiger partial charge on any atom is 0.155 e. The van der Waals surface area contributed by atoms with Crippen molar-refractivity contribution in [2.24, 2.45) is 4.99 Å². The topological polar surface area (TPSA) is 38.4 Å². The molecule has 2 aromatic carbocycles. The lowest BCUT2D eigenvalue weighted by atomic mass is 10.1. The molecule has 0 saturated carbocycles. The van der Waals surface area contributed by atoms with Crippen LogP contribution in [0.1, 0.15) is 0 Å². The molecule has 0 fully saturated rings. The molecule has 3 heteroatoms. The van der Waals surface area contributed by atoms with Crippen LogP contribution in [0.5, 0.6) is 0 Å². The van der Waals surface area contributed by atoms with Gasteiger partial charge in [-0.1, -0.05) is 30.3 Å². The van der Waals surface area contributed by atoms with Crippen LogP contribution in [0.25, 0.3) is 33.3 Å². The van der Waals surface area contributed by atoms with Gasteiger partial charge in [-0.15, -0.1) is 0 Å². The van der Waals surface area contributed by atoms with Crippen molar-refractivity contribution in [3.8, 4) is 11.5 Å². The fourth-order valence-electron chi connectivity index (χ4n) is 2.49. The molecule has 3 nitrogen and oxygen atoms in total. The van der Waals surface area contributed by atoms with E-state index in [1.807, 2.05) is 36.4 Å². The third kappa shape index (κ3) is 1.60. The van der Waals surface area contributed by atoms with Gasteiger partial charge in [0.05, 0.1) is 5.36 Å². The molecule has 1 heterocycles. The quantitative estimate of drug-likeness (QED) is 0.358. The van der Waals surface area contributed by atoms with E-state index in [0.717, 1.165) is 33.3 Å². The Balaban J connectivity index is 2.19. The molecule has 0 amide bonds. The molecule has 0 radical (unpaired) electrons. The summed E-state index contributed by atoms with van der Waals surface area (Å²) in [7, 11) is 1.77. The molecule has 20 heavy (non-hydrogen) atoms. The Morgan fingerprint density at radius 2 is 1.90 bits per heavy atom. The predicted molar refractivity (Wildman–Crippen MR) is 79.6 cm³/mol. The van der Waals surface area contributed by atoms with Crippen LogP contribution in [0.2, 0.25) is 0 Å². The summed E-state index contributed by atoms with van der Waals surface area (Å²) in [5.74, 6) is 0.760. The van der Waals surface area contributed by atoms with Gasteiger partial charge >= 0.3 is 0 Å². The summed E-state index contributed by atoms with van der Waals surface area (Å²) in [5.41, 5.74) is 2.54. The number of fused-ring (bicyclic) bond motifs is 4. The summed E-state index contributed by atoms with van der Waals surface area (Å²) in [4.78, 5) is 8.91. The van der Waals surface area contributed by atoms with Crippen molar-refractivity contribution >= 4 is 21.9 Å². The normalized spacial score (nSPS) is 12.6. The number of hydrogen-bond acceptors (Lipinski definition) is 3. The molecule has 0 saturated heterocycles. The second-order valence-corrected chi connectivity index (χ2v) is 4.72. The summed E-state index contributed by atoms with van der Waals surface area (Å²) in [5, 5.41) is 3.17. The molecule has 0 bridgehead atoms. The van der Waals surface area contributed by atoms with Gasteiger partial charge in [-0.25, -0.2) is 4.98 Å². The average molecular weight is 260 g/mol. The summed E-state index contributed by atoms with van der Waals surface area (Å²) in [6, 6.07) is 18.0. The lowest BCUT2D eigenvalue weighted by molar-refractivity contribution is 0.612. The lowest BCUT2D eigenvalue weighted by Crippen LogP contribution is -2.01. The van der Waals surface area contributed by atoms with Crippen LogP contribution in [-0.4, -0.2) is 12.0 Å². The van der Waals surface area contributed by atoms with E-state index in [-0.39, 0.29) is 0 Å². The van der Waals surface area contributed by atoms with Gasteiger partial charge in [0.1, 0.15) is 11.2 Å². The molecule has 2 aliphatic rings. The zero-order chi connectivity index (χ0) is 13.5. The van der Waals surface area contributed by atoms with Crippen LogP contribution in [0.15, 0.2) is 64.0 Å². The van der Waals surface area contributed by atoms with E-state index < -0.39 is 0 Å². The predicted octanol–water partition coefficient (Wildman–Crippen LogP) is 3.62. The Bertz CT molecular complexity index is 969. The van der Waals surface area contributed by atoms with Crippen molar-refractivity contribution in [3.63, 3.8) is 0 Å². The molecule has 0 spiro atoms. The number of benzene rings is 3. The van der Waals surface area contributed by atoms with Crippen LogP contribution in [0.3, 0.4) is 0 Å². The summed E-state index contributed by atoms with van der Waals surface area (Å²) in [6.45, 7) is 0. The maximum atomic E-state index is 5.97. The van der Waals surface area contributed by atoms with E-state index >= 15 is 0 Å². The summed E-state index contributed by atoms with van der Waals surface area (Å²) >= 11 is 0. The SMILES string of the molecule is CN=c1ccc2nc3c(ccc4ccccc43)oc-2c1. The fourth-order valence-corrected chi connectivity index (χ4v) is 2.49. The van der Waals surface area contributed by atoms with Gasteiger partial charge in [0, 0.05) is 18.5 Å². The number of rotatable bonds is 0. The highest BCUT2D eigenvalue weighted by atomic mass is 16.3. The van der Waals surface area contributed by atoms with Gasteiger partial charge in [-0.05, 0) is 23.6 Å². The maximum absolute atomic E-state index is 5.97. The van der Waals surface area contributed by atoms with Gasteiger partial charge in [0.2, 0.25) is 0 Å². The van der Waals surface area contributed by atoms with Crippen molar-refractivity contribution in [2.45, 2.75) is 0 Å². The molecular formula is C17H12N2O. The highest BCUT2D eigenvalue weighted by Gasteiger charge is 2.10. The van der Waals surface area contributed by atoms with Gasteiger partial charge in [0.25, 0.3) is 0 Å². The average Bonchev–Trinajstić information content (AvgIpc) is 2.52. The minimum Gasteiger partial charge on any atom is -0.453 e. The molecule has 0 unspecified atom stereocenters. The van der Waals surface area contributed by atoms with Crippen molar-refractivity contribution in [1.29, 1.82) is 0 Å². The Hall–Kier alpha value is -2.68. The molecule has 1 aliphatic heterocycles. The zero-order valence-corrected chi connectivity index (χ0v) is 11.0. The van der Waals surface area contributed by atoms with Crippen molar-refractivity contribution in [2.75, 3.05) is 7.05 Å². The van der Waals surface area contributed by atoms with Crippen LogP contribution in [0, 0.1) is 0 Å². The smallest absolute Gasteiger partial charge is 0.155 e. The third-order valence-corrected chi connectivity index (χ3v) is 3.52. The Morgan fingerprint density at radius 3 is 2.80 bits per heavy atom. The molecule has 4 rings (SSSR count). The van der Waals surface area contributed by atoms with E-state index in [2.05, 4.69) is 23.2 Å². The summed E-state index contributed by atoms with van der Waals surface area (Å²) < 4.78 is 5.97. The highest BCUT2D eigenvalue weighted by Crippen LogP contribution is 2.28. The van der Waals surface area contributed by atoms with E-state index in [0.29, 0.717) is 0 Å². The number of nitrogens with zero attached hydrogens (tertiary/aromatic N) is 2. The molecule has 0 aromatic heterocycles. The Morgan fingerprint density at radius 1 is 1.00 bits per heavy atom. The first-order valence-corrected chi connectivity index (χ1v) is 6.50. The summed E-state index contributed by atoms with van der Waals surface area (Å²) in [6.07, 6.45) is 0. The van der Waals surface area contributed by atoms with Gasteiger partial charge < -0.3 is 4.42 Å². The molecule has 2 aromatic rings. The van der Waals surface area contributed by atoms with E-state index in [1.54, 1.807) is 7.05 Å². The third-order valence-electron chi connectivity index (χ3n) is 3.52. The molecular weight excluding hydrogens is 248 g/mol. The minimum atomic E-state index is 0.760. The molecule has 0 N–H and O–H groups in total. The van der Waals surface area contributed by atoms with Crippen LogP contribution in [-0.2, 0) is 0 Å². The first kappa shape index (κ1) is 11.2. The van der Waals surface area contributed by atoms with Crippen molar-refractivity contribution in [3.05, 3.63) is 60.0 Å². The van der Waals surface area contributed by atoms with Crippen LogP contribution in [0.4, 0.5) is 0 Å². The fraction of sp³-hybridized carbons (Fsp3) is 0.0588. The Labute approximate surface area is 115 Å². The molecule has 0 atom stereocenters. The number of aromatic nitrogens is 1. The van der Waals surface area contributed by atoms with E-state index in [4.69, 9.17) is 9.40 Å². The van der Waals surface area contributed by atoms with Crippen molar-refractivity contribution in [1.82, 2.24) is 4.98 Å². The second kappa shape index (κ2) is 4.17. The zero-order valence-electron chi connectivity index (χ0n) is 11.0. The van der Waals surface area contributed by atoms with E-state index in [9.17, 15) is 0 Å². The van der Waals surface area contributed by atoms with Crippen LogP contribution < -0.4 is 5.36 Å². The van der Waals surface area contributed by atoms with Gasteiger partial charge in [-0.2, -0.15) is 0 Å². The van der Waals surface area contributed by atoms with E-state index in [1.165, 1.54) is 5.39 Å². The standard InChI is InChI=1S/C17H12N2O/c1-18-12-7-8-14-16(10-12)20-15-9-6-11-4-2-3-5-13(11)17(15)19-14/h2-10H,1H3. The van der Waals surface area contributed by atoms with Gasteiger partial charge in [0.15, 0.2) is 11.3 Å². The van der Waals surface area contributed by atoms with Crippen molar-refractivity contribution < 1.29 is 4.42 Å². The minimum absolute atomic E-state index is 0.760. The lowest BCUT2D eigenvalue weighted by Gasteiger charge is -2.08. The monoisotopic (exact) mass is 260 g/mol. The Kier molecular flexibility index (Phi) is 2.33. The molecule has 1 aliphatic carbocycles. The van der Waals surface area contributed by atoms with Gasteiger partial charge in [-0.3, -0.25) is 4.99 Å². The second-order valence-electron chi connectivity index (χ2n) is 4.72. The first-order valence-electron chi connectivity index (χ1n) is 6.50. The first-order chi connectivity index (χ1) is 9.85.